The maximum absolute atomic E-state index is 13.0. The summed E-state index contributed by atoms with van der Waals surface area (Å²) in [4.78, 5) is 27.2. The highest BCUT2D eigenvalue weighted by Gasteiger charge is 2.17. The van der Waals surface area contributed by atoms with E-state index in [4.69, 9.17) is 4.74 Å². The third-order valence-corrected chi connectivity index (χ3v) is 3.72. The Morgan fingerprint density at radius 1 is 1.32 bits per heavy atom. The molecule has 1 N–H and O–H groups in total. The first-order valence-electron chi connectivity index (χ1n) is 6.23. The number of carbonyl (C=O) groups is 2. The van der Waals surface area contributed by atoms with E-state index in [1.807, 2.05) is 22.6 Å². The van der Waals surface area contributed by atoms with E-state index in [0.29, 0.717) is 16.9 Å². The molecule has 1 amide bonds. The van der Waals surface area contributed by atoms with Crippen LogP contribution in [-0.4, -0.2) is 24.0 Å². The first kappa shape index (κ1) is 16.3. The number of esters is 1. The van der Waals surface area contributed by atoms with Gasteiger partial charge < -0.3 is 10.1 Å². The van der Waals surface area contributed by atoms with Crippen LogP contribution < -0.4 is 5.32 Å². The van der Waals surface area contributed by atoms with Gasteiger partial charge in [-0.1, -0.05) is 0 Å². The van der Waals surface area contributed by atoms with Gasteiger partial charge in [-0.25, -0.2) is 9.18 Å². The zero-order valence-corrected chi connectivity index (χ0v) is 14.0. The standard InChI is InChI=1S/C15H12FIN2O3/c1-8(20)19-14-6-10(13-4-3-9(16)7-18-13)12(17)5-11(14)15(21)22-2/h3-7H,1-2H3,(H,19,20). The lowest BCUT2D eigenvalue weighted by Crippen LogP contribution is -2.12. The third-order valence-electron chi connectivity index (χ3n) is 2.83. The second kappa shape index (κ2) is 6.82. The molecule has 0 saturated carbocycles. The molecule has 7 heteroatoms. The van der Waals surface area contributed by atoms with Crippen LogP contribution >= 0.6 is 22.6 Å². The number of amides is 1. The van der Waals surface area contributed by atoms with Crippen molar-refractivity contribution in [3.05, 3.63) is 45.4 Å². The first-order valence-corrected chi connectivity index (χ1v) is 7.31. The van der Waals surface area contributed by atoms with E-state index in [1.54, 1.807) is 12.1 Å². The number of nitrogens with zero attached hydrogens (tertiary/aromatic N) is 1. The summed E-state index contributed by atoms with van der Waals surface area (Å²) in [6.45, 7) is 1.34. The second-order valence-electron chi connectivity index (χ2n) is 4.41. The molecule has 22 heavy (non-hydrogen) atoms. The van der Waals surface area contributed by atoms with Crippen LogP contribution in [0.15, 0.2) is 30.5 Å². The lowest BCUT2D eigenvalue weighted by Gasteiger charge is -2.12. The van der Waals surface area contributed by atoms with E-state index in [2.05, 4.69) is 10.3 Å². The molecule has 1 aromatic heterocycles. The van der Waals surface area contributed by atoms with Crippen molar-refractivity contribution in [3.8, 4) is 11.3 Å². The van der Waals surface area contributed by atoms with Gasteiger partial charge in [-0.3, -0.25) is 9.78 Å². The van der Waals surface area contributed by atoms with Crippen molar-refractivity contribution >= 4 is 40.2 Å². The number of halogens is 2. The fourth-order valence-corrected chi connectivity index (χ4v) is 2.62. The molecule has 0 aliphatic rings. The molecule has 1 heterocycles. The molecule has 5 nitrogen and oxygen atoms in total. The Morgan fingerprint density at radius 2 is 2.05 bits per heavy atom. The fourth-order valence-electron chi connectivity index (χ4n) is 1.88. The molecule has 0 aliphatic carbocycles. The van der Waals surface area contributed by atoms with E-state index < -0.39 is 11.8 Å². The number of benzene rings is 1. The number of nitrogens with one attached hydrogen (secondary N) is 1. The molecule has 0 unspecified atom stereocenters. The summed E-state index contributed by atoms with van der Waals surface area (Å²) in [6, 6.07) is 6.04. The smallest absolute Gasteiger partial charge is 0.340 e. The summed E-state index contributed by atoms with van der Waals surface area (Å²) in [6.07, 6.45) is 1.11. The summed E-state index contributed by atoms with van der Waals surface area (Å²) in [5.41, 5.74) is 1.78. The fraction of sp³-hybridized carbons (Fsp3) is 0.133. The van der Waals surface area contributed by atoms with Gasteiger partial charge >= 0.3 is 5.97 Å². The van der Waals surface area contributed by atoms with Crippen LogP contribution in [0.25, 0.3) is 11.3 Å². The number of rotatable bonds is 3. The average molecular weight is 414 g/mol. The van der Waals surface area contributed by atoms with Crippen molar-refractivity contribution in [1.82, 2.24) is 4.98 Å². The number of carbonyl (C=O) groups excluding carboxylic acids is 2. The lowest BCUT2D eigenvalue weighted by atomic mass is 10.1. The Morgan fingerprint density at radius 3 is 2.59 bits per heavy atom. The van der Waals surface area contributed by atoms with Crippen LogP contribution in [0.5, 0.6) is 0 Å². The summed E-state index contributed by atoms with van der Waals surface area (Å²) >= 11 is 2.04. The van der Waals surface area contributed by atoms with E-state index >= 15 is 0 Å². The van der Waals surface area contributed by atoms with Gasteiger partial charge in [0.05, 0.1) is 30.3 Å². The monoisotopic (exact) mass is 414 g/mol. The van der Waals surface area contributed by atoms with Crippen LogP contribution in [-0.2, 0) is 9.53 Å². The molecule has 0 fully saturated rings. The Balaban J connectivity index is 2.58. The van der Waals surface area contributed by atoms with Crippen LogP contribution in [0.1, 0.15) is 17.3 Å². The minimum absolute atomic E-state index is 0.243. The highest BCUT2D eigenvalue weighted by Crippen LogP contribution is 2.30. The van der Waals surface area contributed by atoms with E-state index in [0.717, 1.165) is 9.77 Å². The molecule has 0 saturated heterocycles. The normalized spacial score (nSPS) is 10.2. The number of anilines is 1. The largest absolute Gasteiger partial charge is 0.465 e. The van der Waals surface area contributed by atoms with Gasteiger partial charge in [0.1, 0.15) is 5.82 Å². The highest BCUT2D eigenvalue weighted by molar-refractivity contribution is 14.1. The van der Waals surface area contributed by atoms with Crippen molar-refractivity contribution in [2.24, 2.45) is 0 Å². The topological polar surface area (TPSA) is 68.3 Å². The summed E-state index contributed by atoms with van der Waals surface area (Å²) in [5, 5.41) is 2.59. The zero-order valence-electron chi connectivity index (χ0n) is 11.8. The van der Waals surface area contributed by atoms with Crippen molar-refractivity contribution in [3.63, 3.8) is 0 Å². The second-order valence-corrected chi connectivity index (χ2v) is 5.57. The maximum atomic E-state index is 13.0. The quantitative estimate of drug-likeness (QED) is 0.619. The van der Waals surface area contributed by atoms with Crippen LogP contribution in [0.4, 0.5) is 10.1 Å². The molecule has 114 valence electrons. The van der Waals surface area contributed by atoms with Crippen molar-refractivity contribution in [1.29, 1.82) is 0 Å². The van der Waals surface area contributed by atoms with E-state index in [1.165, 1.54) is 26.2 Å². The number of methoxy groups -OCH3 is 1. The molecular weight excluding hydrogens is 402 g/mol. The zero-order chi connectivity index (χ0) is 16.3. The molecule has 0 aliphatic heterocycles. The average Bonchev–Trinajstić information content (AvgIpc) is 2.48. The summed E-state index contributed by atoms with van der Waals surface area (Å²) < 4.78 is 18.4. The molecule has 0 radical (unpaired) electrons. The Bertz CT molecular complexity index is 732. The van der Waals surface area contributed by atoms with E-state index in [-0.39, 0.29) is 11.5 Å². The molecular formula is C15H12FIN2O3. The van der Waals surface area contributed by atoms with Gasteiger partial charge in [0.25, 0.3) is 0 Å². The summed E-state index contributed by atoms with van der Waals surface area (Å²) in [7, 11) is 1.27. The third kappa shape index (κ3) is 3.59. The number of hydrogen-bond acceptors (Lipinski definition) is 4. The van der Waals surface area contributed by atoms with Crippen molar-refractivity contribution in [2.75, 3.05) is 12.4 Å². The Labute approximate surface area is 140 Å². The van der Waals surface area contributed by atoms with E-state index in [9.17, 15) is 14.0 Å². The molecule has 0 bridgehead atoms. The minimum Gasteiger partial charge on any atom is -0.465 e. The van der Waals surface area contributed by atoms with Crippen LogP contribution in [0.2, 0.25) is 0 Å². The summed E-state index contributed by atoms with van der Waals surface area (Å²) in [5.74, 6) is -1.31. The Kier molecular flexibility index (Phi) is 5.07. The van der Waals surface area contributed by atoms with Crippen molar-refractivity contribution in [2.45, 2.75) is 6.92 Å². The SMILES string of the molecule is COC(=O)c1cc(I)c(-c2ccc(F)cn2)cc1NC(C)=O. The van der Waals surface area contributed by atoms with Gasteiger partial charge in [0.2, 0.25) is 5.91 Å². The Hall–Kier alpha value is -2.03. The van der Waals surface area contributed by atoms with Gasteiger partial charge in [0, 0.05) is 16.1 Å². The highest BCUT2D eigenvalue weighted by atomic mass is 127. The number of pyridine rings is 1. The maximum Gasteiger partial charge on any atom is 0.340 e. The van der Waals surface area contributed by atoms with Crippen molar-refractivity contribution < 1.29 is 18.7 Å². The number of hydrogen-bond donors (Lipinski definition) is 1. The molecule has 2 aromatic rings. The molecule has 1 aromatic carbocycles. The first-order chi connectivity index (χ1) is 10.4. The molecule has 2 rings (SSSR count). The predicted molar refractivity (Wildman–Crippen MR) is 88.0 cm³/mol. The molecule has 0 spiro atoms. The minimum atomic E-state index is -0.555. The van der Waals surface area contributed by atoms with Gasteiger partial charge in [-0.15, -0.1) is 0 Å². The predicted octanol–water partition coefficient (Wildman–Crippen LogP) is 3.24. The number of ether oxygens (including phenoxy) is 1. The van der Waals surface area contributed by atoms with Crippen LogP contribution in [0.3, 0.4) is 0 Å². The van der Waals surface area contributed by atoms with Gasteiger partial charge in [-0.05, 0) is 46.9 Å². The molecule has 0 atom stereocenters. The lowest BCUT2D eigenvalue weighted by molar-refractivity contribution is -0.114. The van der Waals surface area contributed by atoms with Gasteiger partial charge in [0.15, 0.2) is 0 Å². The van der Waals surface area contributed by atoms with Crippen LogP contribution in [0, 0.1) is 9.39 Å². The van der Waals surface area contributed by atoms with Gasteiger partial charge in [-0.2, -0.15) is 0 Å². The number of aromatic nitrogens is 1.